The van der Waals surface area contributed by atoms with Gasteiger partial charge >= 0.3 is 12.1 Å². The lowest BCUT2D eigenvalue weighted by Gasteiger charge is -2.37. The number of rotatable bonds is 6. The molecule has 3 atom stereocenters. The summed E-state index contributed by atoms with van der Waals surface area (Å²) in [5.74, 6) is -1.48. The minimum atomic E-state index is -0.960. The van der Waals surface area contributed by atoms with Crippen LogP contribution >= 0.6 is 0 Å². The number of morpholine rings is 1. The Hall–Kier alpha value is -3.39. The lowest BCUT2D eigenvalue weighted by molar-refractivity contribution is -0.149. The molecule has 0 spiro atoms. The van der Waals surface area contributed by atoms with Crippen LogP contribution in [-0.4, -0.2) is 66.4 Å². The van der Waals surface area contributed by atoms with E-state index in [2.05, 4.69) is 29.6 Å². The Balaban J connectivity index is 1.22. The Bertz CT molecular complexity index is 1070. The largest absolute Gasteiger partial charge is 0.481 e. The zero-order valence-electron chi connectivity index (χ0n) is 19.5. The molecule has 1 aliphatic heterocycles. The quantitative estimate of drug-likeness (QED) is 0.659. The summed E-state index contributed by atoms with van der Waals surface area (Å²) >= 11 is 0. The molecular formula is C27H30N2O6. The Morgan fingerprint density at radius 2 is 1.71 bits per heavy atom. The maximum atomic E-state index is 13.3. The zero-order valence-corrected chi connectivity index (χ0v) is 19.5. The summed E-state index contributed by atoms with van der Waals surface area (Å²) in [6.07, 6.45) is 1.49. The number of carbonyl (C=O) groups excluding carboxylic acids is 2. The number of hydrogen-bond acceptors (Lipinski definition) is 5. The smallest absolute Gasteiger partial charge is 0.407 e. The van der Waals surface area contributed by atoms with Crippen LogP contribution in [0.15, 0.2) is 48.5 Å². The number of alkyl carbamates (subject to hydrolysis) is 1. The number of hydrogen-bond donors (Lipinski definition) is 2. The molecule has 2 amide bonds. The van der Waals surface area contributed by atoms with Crippen LogP contribution in [-0.2, 0) is 19.1 Å². The predicted molar refractivity (Wildman–Crippen MR) is 128 cm³/mol. The molecule has 1 heterocycles. The van der Waals surface area contributed by atoms with Crippen molar-refractivity contribution in [2.24, 2.45) is 5.92 Å². The van der Waals surface area contributed by atoms with Crippen molar-refractivity contribution in [2.75, 3.05) is 26.4 Å². The van der Waals surface area contributed by atoms with Crippen molar-refractivity contribution >= 4 is 18.0 Å². The lowest BCUT2D eigenvalue weighted by atomic mass is 9.98. The van der Waals surface area contributed by atoms with Gasteiger partial charge in [0.2, 0.25) is 5.91 Å². The Labute approximate surface area is 204 Å². The third kappa shape index (κ3) is 4.75. The van der Waals surface area contributed by atoms with Crippen molar-refractivity contribution < 1.29 is 29.0 Å². The van der Waals surface area contributed by atoms with Crippen molar-refractivity contribution in [1.29, 1.82) is 0 Å². The number of carboxylic acid groups (broad SMARTS) is 1. The number of aliphatic carboxylic acids is 1. The normalized spacial score (nSPS) is 23.4. The summed E-state index contributed by atoms with van der Waals surface area (Å²) in [6.45, 7) is 1.19. The summed E-state index contributed by atoms with van der Waals surface area (Å²) in [7, 11) is 0. The minimum absolute atomic E-state index is 0.0284. The van der Waals surface area contributed by atoms with Gasteiger partial charge in [-0.05, 0) is 35.1 Å². The van der Waals surface area contributed by atoms with Crippen LogP contribution in [0, 0.1) is 5.92 Å². The highest BCUT2D eigenvalue weighted by Gasteiger charge is 2.40. The second-order valence-electron chi connectivity index (χ2n) is 9.47. The molecule has 2 aliphatic carbocycles. The van der Waals surface area contributed by atoms with E-state index in [0.29, 0.717) is 26.0 Å². The highest BCUT2D eigenvalue weighted by atomic mass is 16.5. The third-order valence-corrected chi connectivity index (χ3v) is 7.40. The molecule has 1 saturated carbocycles. The molecule has 2 aromatic carbocycles. The van der Waals surface area contributed by atoms with Crippen LogP contribution in [0.1, 0.15) is 42.7 Å². The molecule has 2 aromatic rings. The highest BCUT2D eigenvalue weighted by molar-refractivity contribution is 5.82. The maximum Gasteiger partial charge on any atom is 0.407 e. The van der Waals surface area contributed by atoms with Gasteiger partial charge in [-0.1, -0.05) is 55.0 Å². The van der Waals surface area contributed by atoms with Crippen molar-refractivity contribution in [3.05, 3.63) is 59.7 Å². The number of fused-ring (bicyclic) bond motifs is 3. The van der Waals surface area contributed by atoms with E-state index in [0.717, 1.165) is 17.5 Å². The Morgan fingerprint density at radius 1 is 1.03 bits per heavy atom. The first-order chi connectivity index (χ1) is 17.0. The Morgan fingerprint density at radius 3 is 2.40 bits per heavy atom. The molecule has 3 unspecified atom stereocenters. The molecular weight excluding hydrogens is 448 g/mol. The van der Waals surface area contributed by atoms with Crippen LogP contribution in [0.2, 0.25) is 0 Å². The van der Waals surface area contributed by atoms with Gasteiger partial charge in [0.05, 0.1) is 31.6 Å². The number of carboxylic acids is 1. The predicted octanol–water partition coefficient (Wildman–Crippen LogP) is 3.40. The summed E-state index contributed by atoms with van der Waals surface area (Å²) in [5.41, 5.74) is 4.62. The molecule has 3 aliphatic rings. The van der Waals surface area contributed by atoms with Crippen LogP contribution in [0.5, 0.6) is 0 Å². The molecule has 8 heteroatoms. The van der Waals surface area contributed by atoms with Crippen molar-refractivity contribution in [3.8, 4) is 11.1 Å². The average Bonchev–Trinajstić information content (AvgIpc) is 3.45. The van der Waals surface area contributed by atoms with Gasteiger partial charge in [-0.25, -0.2) is 4.79 Å². The summed E-state index contributed by atoms with van der Waals surface area (Å²) in [5, 5.41) is 12.1. The maximum absolute atomic E-state index is 13.3. The zero-order chi connectivity index (χ0) is 24.4. The van der Waals surface area contributed by atoms with E-state index in [1.54, 1.807) is 4.90 Å². The molecule has 2 N–H and O–H groups in total. The van der Waals surface area contributed by atoms with Crippen molar-refractivity contribution in [2.45, 2.75) is 43.7 Å². The number of ether oxygens (including phenoxy) is 2. The van der Waals surface area contributed by atoms with Gasteiger partial charge < -0.3 is 24.8 Å². The molecule has 0 radical (unpaired) electrons. The first-order valence-corrected chi connectivity index (χ1v) is 12.2. The number of amides is 2. The minimum Gasteiger partial charge on any atom is -0.481 e. The number of nitrogens with zero attached hydrogens (tertiary/aromatic N) is 1. The second kappa shape index (κ2) is 10.1. The first-order valence-electron chi connectivity index (χ1n) is 12.2. The number of carbonyl (C=O) groups is 3. The highest BCUT2D eigenvalue weighted by Crippen LogP contribution is 2.44. The fourth-order valence-corrected chi connectivity index (χ4v) is 5.75. The van der Waals surface area contributed by atoms with Crippen LogP contribution in [0.3, 0.4) is 0 Å². The molecule has 184 valence electrons. The van der Waals surface area contributed by atoms with Gasteiger partial charge in [0.1, 0.15) is 6.61 Å². The SMILES string of the molecule is O=C(O)CC1COCCN1C(=O)C1CCCC1NC(=O)OCC1c2ccccc2-c2ccccc21. The molecule has 35 heavy (non-hydrogen) atoms. The molecule has 1 saturated heterocycles. The van der Waals surface area contributed by atoms with Crippen LogP contribution in [0.25, 0.3) is 11.1 Å². The number of nitrogens with one attached hydrogen (secondary N) is 1. The second-order valence-corrected chi connectivity index (χ2v) is 9.47. The van der Waals surface area contributed by atoms with Crippen LogP contribution < -0.4 is 5.32 Å². The van der Waals surface area contributed by atoms with E-state index in [4.69, 9.17) is 9.47 Å². The molecule has 8 nitrogen and oxygen atoms in total. The van der Waals surface area contributed by atoms with E-state index >= 15 is 0 Å². The molecule has 0 aromatic heterocycles. The van der Waals surface area contributed by atoms with E-state index in [1.165, 1.54) is 11.1 Å². The average molecular weight is 479 g/mol. The van der Waals surface area contributed by atoms with Crippen molar-refractivity contribution in [3.63, 3.8) is 0 Å². The van der Waals surface area contributed by atoms with Gasteiger partial charge in [-0.3, -0.25) is 9.59 Å². The molecule has 5 rings (SSSR count). The summed E-state index contributed by atoms with van der Waals surface area (Å²) in [4.78, 5) is 38.9. The van der Waals surface area contributed by atoms with E-state index in [9.17, 15) is 19.5 Å². The monoisotopic (exact) mass is 478 g/mol. The van der Waals surface area contributed by atoms with Gasteiger partial charge in [0.25, 0.3) is 0 Å². The van der Waals surface area contributed by atoms with E-state index in [-0.39, 0.29) is 43.4 Å². The lowest BCUT2D eigenvalue weighted by Crippen LogP contribution is -2.54. The fourth-order valence-electron chi connectivity index (χ4n) is 5.75. The van der Waals surface area contributed by atoms with Gasteiger partial charge in [0.15, 0.2) is 0 Å². The molecule has 2 fully saturated rings. The van der Waals surface area contributed by atoms with Crippen molar-refractivity contribution in [1.82, 2.24) is 10.2 Å². The number of benzene rings is 2. The summed E-state index contributed by atoms with van der Waals surface area (Å²) in [6, 6.07) is 15.5. The fraction of sp³-hybridized carbons (Fsp3) is 0.444. The topological polar surface area (TPSA) is 105 Å². The first kappa shape index (κ1) is 23.4. The standard InChI is InChI=1S/C27H30N2O6/c30-25(31)14-17-15-34-13-12-29(17)26(32)22-10-5-11-24(22)28-27(33)35-16-23-20-8-3-1-6-18(20)19-7-2-4-9-21(19)23/h1-4,6-9,17,22-24H,5,10-16H2,(H,28,33)(H,30,31). The van der Waals surface area contributed by atoms with E-state index in [1.807, 2.05) is 24.3 Å². The van der Waals surface area contributed by atoms with Gasteiger partial charge in [0, 0.05) is 18.5 Å². The van der Waals surface area contributed by atoms with Crippen LogP contribution in [0.4, 0.5) is 4.79 Å². The van der Waals surface area contributed by atoms with Gasteiger partial charge in [-0.15, -0.1) is 0 Å². The summed E-state index contributed by atoms with van der Waals surface area (Å²) < 4.78 is 11.1. The third-order valence-electron chi connectivity index (χ3n) is 7.40. The Kier molecular flexibility index (Phi) is 6.72. The van der Waals surface area contributed by atoms with E-state index < -0.39 is 18.1 Å². The molecule has 0 bridgehead atoms. The van der Waals surface area contributed by atoms with Gasteiger partial charge in [-0.2, -0.15) is 0 Å².